The minimum atomic E-state index is -0.244. The lowest BCUT2D eigenvalue weighted by Gasteiger charge is -2.03. The topological polar surface area (TPSA) is 66.5 Å². The molecule has 0 atom stereocenters. The zero-order valence-corrected chi connectivity index (χ0v) is 13.5. The Morgan fingerprint density at radius 1 is 1.21 bits per heavy atom. The third kappa shape index (κ3) is 3.63. The number of nitrogens with one attached hydrogen (secondary N) is 2. The second kappa shape index (κ2) is 7.46. The third-order valence-electron chi connectivity index (χ3n) is 3.57. The molecule has 0 radical (unpaired) electrons. The second-order valence-corrected chi connectivity index (χ2v) is 5.36. The maximum atomic E-state index is 12.2. The summed E-state index contributed by atoms with van der Waals surface area (Å²) in [6, 6.07) is 15.2. The number of amides is 1. The molecule has 0 spiro atoms. The summed E-state index contributed by atoms with van der Waals surface area (Å²) in [4.78, 5) is 15.3. The molecule has 3 rings (SSSR count). The lowest BCUT2D eigenvalue weighted by Crippen LogP contribution is -2.17. The van der Waals surface area contributed by atoms with E-state index in [0.29, 0.717) is 12.2 Å². The number of H-pyrrole nitrogens is 1. The molecular weight excluding hydrogens is 302 g/mol. The largest absolute Gasteiger partial charge is 0.494 e. The summed E-state index contributed by atoms with van der Waals surface area (Å²) in [5.41, 5.74) is 4.94. The molecule has 0 fully saturated rings. The molecule has 1 aromatic heterocycles. The van der Waals surface area contributed by atoms with Crippen molar-refractivity contribution in [3.05, 3.63) is 65.9 Å². The Hall–Kier alpha value is -3.08. The molecule has 3 aromatic rings. The molecule has 0 saturated carbocycles. The number of hydrogen-bond donors (Lipinski definition) is 2. The molecule has 0 aliphatic rings. The summed E-state index contributed by atoms with van der Waals surface area (Å²) in [6.45, 7) is 2.77. The van der Waals surface area contributed by atoms with Crippen LogP contribution < -0.4 is 10.2 Å². The number of para-hydroxylation sites is 1. The zero-order valence-electron chi connectivity index (χ0n) is 13.5. The molecule has 0 saturated heterocycles. The van der Waals surface area contributed by atoms with Crippen molar-refractivity contribution in [3.63, 3.8) is 0 Å². The first kappa shape index (κ1) is 15.8. The highest BCUT2D eigenvalue weighted by Crippen LogP contribution is 2.17. The summed E-state index contributed by atoms with van der Waals surface area (Å²) in [5.74, 6) is 0.587. The highest BCUT2D eigenvalue weighted by Gasteiger charge is 2.10. The molecule has 2 aromatic carbocycles. The van der Waals surface area contributed by atoms with E-state index in [9.17, 15) is 4.79 Å². The number of aromatic nitrogens is 1. The number of fused-ring (bicyclic) bond motifs is 1. The van der Waals surface area contributed by atoms with Crippen molar-refractivity contribution in [2.75, 3.05) is 6.61 Å². The van der Waals surface area contributed by atoms with Crippen LogP contribution in [0.1, 0.15) is 29.3 Å². The molecule has 1 heterocycles. The van der Waals surface area contributed by atoms with Crippen LogP contribution in [0.15, 0.2) is 59.8 Å². The van der Waals surface area contributed by atoms with Gasteiger partial charge in [0.05, 0.1) is 18.4 Å². The van der Waals surface area contributed by atoms with Gasteiger partial charge in [0.15, 0.2) is 0 Å². The number of nitrogens with zero attached hydrogens (tertiary/aromatic N) is 1. The van der Waals surface area contributed by atoms with Crippen LogP contribution in [0, 0.1) is 0 Å². The fourth-order valence-electron chi connectivity index (χ4n) is 2.36. The monoisotopic (exact) mass is 321 g/mol. The average Bonchev–Trinajstić information content (AvgIpc) is 3.05. The number of carbonyl (C=O) groups is 1. The Morgan fingerprint density at radius 2 is 2.00 bits per heavy atom. The minimum absolute atomic E-state index is 0.244. The van der Waals surface area contributed by atoms with Gasteiger partial charge in [-0.05, 0) is 42.3 Å². The highest BCUT2D eigenvalue weighted by atomic mass is 16.5. The van der Waals surface area contributed by atoms with Crippen LogP contribution in [0.25, 0.3) is 10.9 Å². The minimum Gasteiger partial charge on any atom is -0.494 e. The van der Waals surface area contributed by atoms with Crippen molar-refractivity contribution in [2.45, 2.75) is 13.3 Å². The quantitative estimate of drug-likeness (QED) is 0.537. The second-order valence-electron chi connectivity index (χ2n) is 5.36. The van der Waals surface area contributed by atoms with E-state index in [1.54, 1.807) is 12.4 Å². The van der Waals surface area contributed by atoms with Gasteiger partial charge in [-0.2, -0.15) is 5.10 Å². The average molecular weight is 321 g/mol. The predicted octanol–water partition coefficient (Wildman–Crippen LogP) is 3.72. The molecule has 2 N–H and O–H groups in total. The van der Waals surface area contributed by atoms with E-state index in [4.69, 9.17) is 4.74 Å². The van der Waals surface area contributed by atoms with Gasteiger partial charge >= 0.3 is 0 Å². The molecule has 122 valence electrons. The number of rotatable bonds is 6. The molecule has 5 heteroatoms. The van der Waals surface area contributed by atoms with Crippen LogP contribution in [0.3, 0.4) is 0 Å². The zero-order chi connectivity index (χ0) is 16.8. The lowest BCUT2D eigenvalue weighted by atomic mass is 10.2. The number of aromatic amines is 1. The number of hydrazone groups is 1. The first-order valence-electron chi connectivity index (χ1n) is 7.90. The van der Waals surface area contributed by atoms with Gasteiger partial charge in [0.2, 0.25) is 0 Å². The number of carbonyl (C=O) groups excluding carboxylic acids is 1. The first-order chi connectivity index (χ1) is 11.8. The fraction of sp³-hybridized carbons (Fsp3) is 0.158. The SMILES string of the molecule is CCCOc1ccc(/C=N/NC(=O)c2c[nH]c3ccccc23)cc1. The Balaban J connectivity index is 1.62. The van der Waals surface area contributed by atoms with E-state index >= 15 is 0 Å². The van der Waals surface area contributed by atoms with Gasteiger partial charge < -0.3 is 9.72 Å². The van der Waals surface area contributed by atoms with E-state index in [1.807, 2.05) is 48.5 Å². The summed E-state index contributed by atoms with van der Waals surface area (Å²) in [7, 11) is 0. The van der Waals surface area contributed by atoms with Crippen molar-refractivity contribution in [3.8, 4) is 5.75 Å². The van der Waals surface area contributed by atoms with Gasteiger partial charge in [0.1, 0.15) is 5.75 Å². The van der Waals surface area contributed by atoms with Crippen molar-refractivity contribution in [2.24, 2.45) is 5.10 Å². The van der Waals surface area contributed by atoms with E-state index in [1.165, 1.54) is 0 Å². The number of ether oxygens (including phenoxy) is 1. The first-order valence-corrected chi connectivity index (χ1v) is 7.90. The van der Waals surface area contributed by atoms with Crippen molar-refractivity contribution in [1.82, 2.24) is 10.4 Å². The van der Waals surface area contributed by atoms with Gasteiger partial charge in [0, 0.05) is 17.1 Å². The Morgan fingerprint density at radius 3 is 2.79 bits per heavy atom. The van der Waals surface area contributed by atoms with E-state index in [2.05, 4.69) is 22.4 Å². The smallest absolute Gasteiger partial charge is 0.273 e. The van der Waals surface area contributed by atoms with E-state index in [-0.39, 0.29) is 5.91 Å². The van der Waals surface area contributed by atoms with Gasteiger partial charge in [0.25, 0.3) is 5.91 Å². The molecule has 0 aliphatic heterocycles. The molecule has 0 aliphatic carbocycles. The van der Waals surface area contributed by atoms with Crippen LogP contribution in [-0.4, -0.2) is 23.7 Å². The van der Waals surface area contributed by atoms with Crippen LogP contribution in [0.2, 0.25) is 0 Å². The van der Waals surface area contributed by atoms with Gasteiger partial charge in [-0.3, -0.25) is 4.79 Å². The number of hydrogen-bond acceptors (Lipinski definition) is 3. The van der Waals surface area contributed by atoms with Crippen molar-refractivity contribution < 1.29 is 9.53 Å². The Bertz CT molecular complexity index is 850. The number of benzene rings is 2. The van der Waals surface area contributed by atoms with Crippen LogP contribution in [-0.2, 0) is 0 Å². The summed E-state index contributed by atoms with van der Waals surface area (Å²) in [6.07, 6.45) is 4.27. The van der Waals surface area contributed by atoms with Crippen LogP contribution >= 0.6 is 0 Å². The van der Waals surface area contributed by atoms with Gasteiger partial charge in [-0.15, -0.1) is 0 Å². The molecule has 1 amide bonds. The molecule has 0 unspecified atom stereocenters. The van der Waals surface area contributed by atoms with Gasteiger partial charge in [-0.25, -0.2) is 5.43 Å². The fourth-order valence-corrected chi connectivity index (χ4v) is 2.36. The maximum absolute atomic E-state index is 12.2. The third-order valence-corrected chi connectivity index (χ3v) is 3.57. The summed E-state index contributed by atoms with van der Waals surface area (Å²) >= 11 is 0. The maximum Gasteiger partial charge on any atom is 0.273 e. The summed E-state index contributed by atoms with van der Waals surface area (Å²) < 4.78 is 5.52. The lowest BCUT2D eigenvalue weighted by molar-refractivity contribution is 0.0957. The highest BCUT2D eigenvalue weighted by molar-refractivity contribution is 6.06. The predicted molar refractivity (Wildman–Crippen MR) is 95.6 cm³/mol. The molecule has 0 bridgehead atoms. The van der Waals surface area contributed by atoms with Crippen molar-refractivity contribution in [1.29, 1.82) is 0 Å². The Labute approximate surface area is 140 Å². The normalized spacial score (nSPS) is 11.0. The molecule has 5 nitrogen and oxygen atoms in total. The van der Waals surface area contributed by atoms with Crippen LogP contribution in [0.4, 0.5) is 0 Å². The Kier molecular flexibility index (Phi) is 4.91. The van der Waals surface area contributed by atoms with E-state index < -0.39 is 0 Å². The van der Waals surface area contributed by atoms with E-state index in [0.717, 1.165) is 28.6 Å². The summed E-state index contributed by atoms with van der Waals surface area (Å²) in [5, 5.41) is 4.89. The molecular formula is C19H19N3O2. The van der Waals surface area contributed by atoms with Gasteiger partial charge in [-0.1, -0.05) is 25.1 Å². The van der Waals surface area contributed by atoms with Crippen LogP contribution in [0.5, 0.6) is 5.75 Å². The van der Waals surface area contributed by atoms with Crippen molar-refractivity contribution >= 4 is 23.0 Å². The molecule has 24 heavy (non-hydrogen) atoms. The standard InChI is InChI=1S/C19H19N3O2/c1-2-11-24-15-9-7-14(8-10-15)12-21-22-19(23)17-13-20-18-6-4-3-5-16(17)18/h3-10,12-13,20H,2,11H2,1H3,(H,22,23)/b21-12+.